The van der Waals surface area contributed by atoms with E-state index in [4.69, 9.17) is 15.5 Å². The van der Waals surface area contributed by atoms with Crippen molar-refractivity contribution >= 4 is 33.9 Å². The number of ether oxygens (including phenoxy) is 1. The zero-order valence-corrected chi connectivity index (χ0v) is 20.3. The lowest BCUT2D eigenvalue weighted by atomic mass is 10.1. The van der Waals surface area contributed by atoms with E-state index in [-0.39, 0.29) is 0 Å². The maximum absolute atomic E-state index is 6.21. The SMILES string of the molecule is CCN(CC)CCn1c(Cc2ccc(OC)cc2)nc2cc(N=C(N)c3cccs3)ccc21. The van der Waals surface area contributed by atoms with Gasteiger partial charge in [0.1, 0.15) is 17.4 Å². The fourth-order valence-corrected chi connectivity index (χ4v) is 4.58. The molecule has 0 radical (unpaired) electrons. The minimum absolute atomic E-state index is 0.531. The van der Waals surface area contributed by atoms with Crippen molar-refractivity contribution in [3.63, 3.8) is 0 Å². The Kier molecular flexibility index (Phi) is 7.42. The van der Waals surface area contributed by atoms with Gasteiger partial charge in [0, 0.05) is 19.5 Å². The van der Waals surface area contributed by atoms with Gasteiger partial charge in [-0.15, -0.1) is 11.3 Å². The summed E-state index contributed by atoms with van der Waals surface area (Å²) < 4.78 is 7.65. The summed E-state index contributed by atoms with van der Waals surface area (Å²) in [6.07, 6.45) is 0.757. The van der Waals surface area contributed by atoms with Gasteiger partial charge in [-0.25, -0.2) is 9.98 Å². The van der Waals surface area contributed by atoms with E-state index in [2.05, 4.69) is 46.5 Å². The van der Waals surface area contributed by atoms with Crippen LogP contribution in [0.3, 0.4) is 0 Å². The van der Waals surface area contributed by atoms with E-state index in [9.17, 15) is 0 Å². The molecule has 0 aliphatic rings. The second kappa shape index (κ2) is 10.6. The monoisotopic (exact) mass is 461 g/mol. The van der Waals surface area contributed by atoms with Gasteiger partial charge in [-0.3, -0.25) is 0 Å². The number of methoxy groups -OCH3 is 1. The molecule has 0 fully saturated rings. The lowest BCUT2D eigenvalue weighted by molar-refractivity contribution is 0.291. The molecule has 2 heterocycles. The third-order valence-electron chi connectivity index (χ3n) is 5.89. The first-order chi connectivity index (χ1) is 16.1. The van der Waals surface area contributed by atoms with Crippen molar-refractivity contribution in [3.8, 4) is 5.75 Å². The molecular weight excluding hydrogens is 430 g/mol. The van der Waals surface area contributed by atoms with E-state index in [0.29, 0.717) is 5.84 Å². The number of imidazole rings is 1. The second-order valence-electron chi connectivity index (χ2n) is 7.88. The van der Waals surface area contributed by atoms with Crippen molar-refractivity contribution in [2.75, 3.05) is 26.7 Å². The van der Waals surface area contributed by atoms with Crippen LogP contribution in [-0.4, -0.2) is 47.0 Å². The molecule has 2 aromatic heterocycles. The van der Waals surface area contributed by atoms with Crippen molar-refractivity contribution < 1.29 is 4.74 Å². The van der Waals surface area contributed by atoms with Crippen LogP contribution in [-0.2, 0) is 13.0 Å². The number of aliphatic imine (C=N–C) groups is 1. The third-order valence-corrected chi connectivity index (χ3v) is 6.78. The first-order valence-corrected chi connectivity index (χ1v) is 12.2. The molecule has 172 valence electrons. The minimum Gasteiger partial charge on any atom is -0.497 e. The molecule has 0 unspecified atom stereocenters. The predicted octanol–water partition coefficient (Wildman–Crippen LogP) is 5.08. The highest BCUT2D eigenvalue weighted by atomic mass is 32.1. The molecule has 33 heavy (non-hydrogen) atoms. The zero-order chi connectivity index (χ0) is 23.2. The van der Waals surface area contributed by atoms with E-state index in [0.717, 1.165) is 65.8 Å². The van der Waals surface area contributed by atoms with Crippen LogP contribution in [0.15, 0.2) is 65.0 Å². The number of amidine groups is 1. The Morgan fingerprint density at radius 3 is 2.58 bits per heavy atom. The molecule has 0 saturated carbocycles. The van der Waals surface area contributed by atoms with E-state index in [1.54, 1.807) is 18.4 Å². The Labute approximate surface area is 199 Å². The maximum atomic E-state index is 6.21. The lowest BCUT2D eigenvalue weighted by Gasteiger charge is -2.19. The number of thiophene rings is 1. The second-order valence-corrected chi connectivity index (χ2v) is 8.83. The van der Waals surface area contributed by atoms with Gasteiger partial charge in [-0.1, -0.05) is 32.0 Å². The Hall–Kier alpha value is -3.16. The predicted molar refractivity (Wildman–Crippen MR) is 138 cm³/mol. The van der Waals surface area contributed by atoms with E-state index in [1.807, 2.05) is 41.8 Å². The summed E-state index contributed by atoms with van der Waals surface area (Å²) in [5, 5.41) is 2.00. The van der Waals surface area contributed by atoms with Gasteiger partial charge in [0.2, 0.25) is 0 Å². The number of nitrogens with zero attached hydrogens (tertiary/aromatic N) is 4. The number of rotatable bonds is 10. The Morgan fingerprint density at radius 2 is 1.91 bits per heavy atom. The van der Waals surface area contributed by atoms with Crippen molar-refractivity contribution in [1.82, 2.24) is 14.5 Å². The van der Waals surface area contributed by atoms with Crippen molar-refractivity contribution in [2.24, 2.45) is 10.7 Å². The van der Waals surface area contributed by atoms with Gasteiger partial charge in [-0.2, -0.15) is 0 Å². The maximum Gasteiger partial charge on any atom is 0.141 e. The Morgan fingerprint density at radius 1 is 1.12 bits per heavy atom. The van der Waals surface area contributed by atoms with Crippen LogP contribution in [0, 0.1) is 0 Å². The Balaban J connectivity index is 1.68. The molecule has 0 saturated heterocycles. The normalized spacial score (nSPS) is 12.1. The zero-order valence-electron chi connectivity index (χ0n) is 19.5. The average molecular weight is 462 g/mol. The fourth-order valence-electron chi connectivity index (χ4n) is 3.95. The molecule has 0 atom stereocenters. The smallest absolute Gasteiger partial charge is 0.141 e. The average Bonchev–Trinajstić information content (AvgIpc) is 3.49. The molecule has 0 spiro atoms. The number of likely N-dealkylation sites (N-methyl/N-ethyl adjacent to an activating group) is 1. The highest BCUT2D eigenvalue weighted by Gasteiger charge is 2.13. The molecule has 0 aliphatic carbocycles. The van der Waals surface area contributed by atoms with Crippen molar-refractivity contribution in [1.29, 1.82) is 0 Å². The van der Waals surface area contributed by atoms with E-state index >= 15 is 0 Å². The number of hydrogen-bond acceptors (Lipinski definition) is 5. The van der Waals surface area contributed by atoms with Gasteiger partial charge in [0.25, 0.3) is 0 Å². The largest absolute Gasteiger partial charge is 0.497 e. The van der Waals surface area contributed by atoms with Crippen LogP contribution < -0.4 is 10.5 Å². The van der Waals surface area contributed by atoms with Crippen molar-refractivity contribution in [3.05, 3.63) is 76.2 Å². The molecule has 2 N–H and O–H groups in total. The summed E-state index contributed by atoms with van der Waals surface area (Å²) in [6.45, 7) is 8.37. The van der Waals surface area contributed by atoms with Gasteiger partial charge in [0.05, 0.1) is 28.7 Å². The number of nitrogens with two attached hydrogens (primary N) is 1. The highest BCUT2D eigenvalue weighted by Crippen LogP contribution is 2.25. The summed E-state index contributed by atoms with van der Waals surface area (Å²) >= 11 is 1.59. The third kappa shape index (κ3) is 5.43. The van der Waals surface area contributed by atoms with Crippen molar-refractivity contribution in [2.45, 2.75) is 26.8 Å². The molecule has 0 bridgehead atoms. The van der Waals surface area contributed by atoms with Gasteiger partial charge in [-0.05, 0) is 60.4 Å². The molecule has 2 aromatic carbocycles. The Bertz CT molecular complexity index is 1210. The van der Waals surface area contributed by atoms with Crippen LogP contribution in [0.25, 0.3) is 11.0 Å². The first kappa shape index (κ1) is 23.0. The molecule has 7 heteroatoms. The molecular formula is C26H31N5OS. The van der Waals surface area contributed by atoms with Crippen LogP contribution >= 0.6 is 11.3 Å². The molecule has 0 aliphatic heterocycles. The highest BCUT2D eigenvalue weighted by molar-refractivity contribution is 7.12. The molecule has 0 amide bonds. The fraction of sp³-hybridized carbons (Fsp3) is 0.308. The van der Waals surface area contributed by atoms with E-state index < -0.39 is 0 Å². The summed E-state index contributed by atoms with van der Waals surface area (Å²) in [5.74, 6) is 2.44. The summed E-state index contributed by atoms with van der Waals surface area (Å²) in [7, 11) is 1.69. The van der Waals surface area contributed by atoms with Crippen LogP contribution in [0.2, 0.25) is 0 Å². The van der Waals surface area contributed by atoms with Crippen LogP contribution in [0.4, 0.5) is 5.69 Å². The molecule has 4 aromatic rings. The summed E-state index contributed by atoms with van der Waals surface area (Å²) in [5.41, 5.74) is 10.3. The lowest BCUT2D eigenvalue weighted by Crippen LogP contribution is -2.27. The summed E-state index contributed by atoms with van der Waals surface area (Å²) in [6, 6.07) is 18.3. The van der Waals surface area contributed by atoms with E-state index in [1.165, 1.54) is 5.56 Å². The minimum atomic E-state index is 0.531. The molecule has 6 nitrogen and oxygen atoms in total. The molecule has 4 rings (SSSR count). The topological polar surface area (TPSA) is 68.7 Å². The van der Waals surface area contributed by atoms with Crippen LogP contribution in [0.5, 0.6) is 5.75 Å². The quantitative estimate of drug-likeness (QED) is 0.264. The summed E-state index contributed by atoms with van der Waals surface area (Å²) in [4.78, 5) is 13.1. The van der Waals surface area contributed by atoms with Crippen LogP contribution in [0.1, 0.15) is 30.1 Å². The van der Waals surface area contributed by atoms with Gasteiger partial charge in [0.15, 0.2) is 0 Å². The standard InChI is InChI=1S/C26H31N5OS/c1-4-30(5-2)14-15-31-23-13-10-20(28-26(27)24-7-6-16-33-24)18-22(23)29-25(31)17-19-8-11-21(32-3)12-9-19/h6-13,16,18H,4-5,14-15,17H2,1-3H3,(H2,27,28). The number of fused-ring (bicyclic) bond motifs is 1. The van der Waals surface area contributed by atoms with Gasteiger partial charge >= 0.3 is 0 Å². The van der Waals surface area contributed by atoms with Gasteiger partial charge < -0.3 is 19.9 Å². The number of hydrogen-bond donors (Lipinski definition) is 1. The first-order valence-electron chi connectivity index (χ1n) is 11.3. The number of aromatic nitrogens is 2. The number of benzene rings is 2.